The van der Waals surface area contributed by atoms with Gasteiger partial charge in [0.25, 0.3) is 11.7 Å². The van der Waals surface area contributed by atoms with Gasteiger partial charge in [-0.25, -0.2) is 4.90 Å². The van der Waals surface area contributed by atoms with Crippen molar-refractivity contribution in [3.63, 3.8) is 0 Å². The third-order valence-electron chi connectivity index (χ3n) is 7.73. The van der Waals surface area contributed by atoms with Crippen molar-refractivity contribution in [2.45, 2.75) is 123 Å². The van der Waals surface area contributed by atoms with E-state index in [9.17, 15) is 9.90 Å². The monoisotopic (exact) mass is 556 g/mol. The highest BCUT2D eigenvalue weighted by atomic mass is 79.9. The number of amidine groups is 1. The molecule has 0 saturated heterocycles. The van der Waals surface area contributed by atoms with Gasteiger partial charge in [-0.05, 0) is 33.2 Å². The lowest BCUT2D eigenvalue weighted by Crippen LogP contribution is -3.00. The number of carbonyl (C=O) groups is 1. The molecule has 0 bridgehead atoms. The average molecular weight is 558 g/mol. The van der Waals surface area contributed by atoms with Crippen LogP contribution >= 0.6 is 0 Å². The van der Waals surface area contributed by atoms with Crippen LogP contribution in [0.5, 0.6) is 0 Å². The van der Waals surface area contributed by atoms with Crippen LogP contribution in [0.1, 0.15) is 117 Å². The third kappa shape index (κ3) is 9.81. The number of aliphatic hydroxyl groups is 1. The maximum Gasteiger partial charge on any atom is 0.278 e. The summed E-state index contributed by atoms with van der Waals surface area (Å²) in [4.78, 5) is 14.6. The van der Waals surface area contributed by atoms with Crippen molar-refractivity contribution in [1.82, 2.24) is 10.2 Å². The van der Waals surface area contributed by atoms with Crippen LogP contribution in [0.15, 0.2) is 11.1 Å². The van der Waals surface area contributed by atoms with E-state index in [1.54, 1.807) is 0 Å². The van der Waals surface area contributed by atoms with Crippen LogP contribution in [-0.2, 0) is 4.79 Å². The normalized spacial score (nSPS) is 19.7. The van der Waals surface area contributed by atoms with Crippen molar-refractivity contribution in [3.8, 4) is 0 Å². The van der Waals surface area contributed by atoms with Gasteiger partial charge < -0.3 is 33.1 Å². The number of carbonyl (C=O) groups excluding carboxylic acids is 1. The molecular formula is C28H53BrN4O2. The Hall–Kier alpha value is -0.920. The molecule has 0 aromatic heterocycles. The zero-order chi connectivity index (χ0) is 24.8. The van der Waals surface area contributed by atoms with Gasteiger partial charge in [0.1, 0.15) is 0 Å². The highest BCUT2D eigenvalue weighted by molar-refractivity contribution is 5.99. The molecule has 0 radical (unpaired) electrons. The second-order valence-electron chi connectivity index (χ2n) is 10.4. The number of rotatable bonds is 18. The van der Waals surface area contributed by atoms with Gasteiger partial charge in [0.05, 0.1) is 13.1 Å². The van der Waals surface area contributed by atoms with Gasteiger partial charge in [0.2, 0.25) is 5.72 Å². The molecule has 0 fully saturated rings. The molecule has 204 valence electrons. The number of halogens is 1. The van der Waals surface area contributed by atoms with E-state index >= 15 is 0 Å². The molecule has 0 spiro atoms. The second kappa shape index (κ2) is 17.5. The van der Waals surface area contributed by atoms with Crippen LogP contribution < -0.4 is 28.0 Å². The van der Waals surface area contributed by atoms with Crippen molar-refractivity contribution < 1.29 is 31.5 Å². The van der Waals surface area contributed by atoms with E-state index in [4.69, 9.17) is 5.73 Å². The first-order valence-electron chi connectivity index (χ1n) is 14.2. The summed E-state index contributed by atoms with van der Waals surface area (Å²) in [5.74, 6) is 1.09. The summed E-state index contributed by atoms with van der Waals surface area (Å²) in [6.07, 6.45) is 18.4. The maximum absolute atomic E-state index is 12.4. The van der Waals surface area contributed by atoms with Crippen molar-refractivity contribution in [3.05, 3.63) is 11.1 Å². The van der Waals surface area contributed by atoms with Crippen LogP contribution in [0, 0.1) is 0 Å². The highest BCUT2D eigenvalue weighted by Crippen LogP contribution is 2.39. The summed E-state index contributed by atoms with van der Waals surface area (Å²) in [6, 6.07) is 0. The summed E-state index contributed by atoms with van der Waals surface area (Å²) in [7, 11) is 0. The molecule has 1 amide bonds. The molecule has 2 aliphatic heterocycles. The summed E-state index contributed by atoms with van der Waals surface area (Å²) in [6.45, 7) is 9.70. The minimum absolute atomic E-state index is 0. The Labute approximate surface area is 225 Å². The predicted octanol–water partition coefficient (Wildman–Crippen LogP) is 1.70. The molecule has 4 N–H and O–H groups in total. The number of nitrogens with two attached hydrogens (primary N) is 1. The first-order chi connectivity index (χ1) is 16.5. The fraction of sp³-hybridized carbons (Fsp3) is 0.857. The second-order valence-corrected chi connectivity index (χ2v) is 10.4. The van der Waals surface area contributed by atoms with Crippen LogP contribution in [-0.4, -0.2) is 64.8 Å². The van der Waals surface area contributed by atoms with E-state index in [-0.39, 0.29) is 22.9 Å². The smallest absolute Gasteiger partial charge is 0.278 e. The van der Waals surface area contributed by atoms with E-state index in [1.165, 1.54) is 70.6 Å². The van der Waals surface area contributed by atoms with Crippen LogP contribution in [0.25, 0.3) is 0 Å². The zero-order valence-corrected chi connectivity index (χ0v) is 24.4. The lowest BCUT2D eigenvalue weighted by molar-refractivity contribution is -0.528. The molecule has 1 atom stereocenters. The molecule has 2 heterocycles. The van der Waals surface area contributed by atoms with E-state index in [2.05, 4.69) is 35.6 Å². The fourth-order valence-corrected chi connectivity index (χ4v) is 5.52. The van der Waals surface area contributed by atoms with Crippen molar-refractivity contribution in [2.24, 2.45) is 5.73 Å². The number of hydrogen-bond donors (Lipinski definition) is 3. The van der Waals surface area contributed by atoms with Gasteiger partial charge in [-0.15, -0.1) is 0 Å². The molecule has 1 unspecified atom stereocenters. The largest absolute Gasteiger partial charge is 1.00 e. The standard InChI is InChI=1S/C28H52N4O2.BrH/c1-4-5-6-7-8-9-10-11-12-13-14-15-18-28(34)25(3)24(2)27-31(21-17-22-32(27)28)23-26(33)30-20-16-19-29;/h34H,4-23,29H2,1-3H3;1H. The van der Waals surface area contributed by atoms with Gasteiger partial charge in [-0.2, -0.15) is 0 Å². The van der Waals surface area contributed by atoms with E-state index in [1.807, 2.05) is 0 Å². The quantitative estimate of drug-likeness (QED) is 0.177. The highest BCUT2D eigenvalue weighted by Gasteiger charge is 2.53. The first-order valence-corrected chi connectivity index (χ1v) is 14.2. The van der Waals surface area contributed by atoms with Crippen LogP contribution in [0.2, 0.25) is 0 Å². The minimum atomic E-state index is -0.896. The molecule has 2 rings (SSSR count). The summed E-state index contributed by atoms with van der Waals surface area (Å²) >= 11 is 0. The van der Waals surface area contributed by atoms with Crippen molar-refractivity contribution in [2.75, 3.05) is 32.7 Å². The maximum atomic E-state index is 12.4. The van der Waals surface area contributed by atoms with Crippen molar-refractivity contribution >= 4 is 11.7 Å². The molecule has 7 heteroatoms. The van der Waals surface area contributed by atoms with Gasteiger partial charge in [0.15, 0.2) is 6.54 Å². The topological polar surface area (TPSA) is 81.6 Å². The van der Waals surface area contributed by atoms with Crippen LogP contribution in [0.3, 0.4) is 0 Å². The third-order valence-corrected chi connectivity index (χ3v) is 7.73. The Morgan fingerprint density at radius 3 is 2.14 bits per heavy atom. The number of amides is 1. The Balaban J connectivity index is 0.00000612. The van der Waals surface area contributed by atoms with E-state index in [0.717, 1.165) is 55.8 Å². The number of hydrogen-bond acceptors (Lipinski definition) is 4. The number of unbranched alkanes of at least 4 members (excludes halogenated alkanes) is 11. The summed E-state index contributed by atoms with van der Waals surface area (Å²) in [5, 5.41) is 14.7. The first kappa shape index (κ1) is 32.1. The minimum Gasteiger partial charge on any atom is -1.00 e. The van der Waals surface area contributed by atoms with Crippen molar-refractivity contribution in [1.29, 1.82) is 0 Å². The van der Waals surface area contributed by atoms with Gasteiger partial charge in [-0.1, -0.05) is 77.6 Å². The molecular weight excluding hydrogens is 504 g/mol. The zero-order valence-electron chi connectivity index (χ0n) is 22.8. The van der Waals surface area contributed by atoms with Gasteiger partial charge in [0, 0.05) is 30.5 Å². The molecule has 6 nitrogen and oxygen atoms in total. The van der Waals surface area contributed by atoms with Crippen LogP contribution in [0.4, 0.5) is 0 Å². The number of fused-ring (bicyclic) bond motifs is 1. The Bertz CT molecular complexity index is 694. The van der Waals surface area contributed by atoms with E-state index < -0.39 is 5.72 Å². The average Bonchev–Trinajstić information content (AvgIpc) is 3.02. The van der Waals surface area contributed by atoms with E-state index in [0.29, 0.717) is 19.6 Å². The van der Waals surface area contributed by atoms with Gasteiger partial charge in [-0.3, -0.25) is 9.37 Å². The predicted molar refractivity (Wildman–Crippen MR) is 142 cm³/mol. The number of nitrogens with zero attached hydrogens (tertiary/aromatic N) is 2. The molecule has 0 aromatic carbocycles. The molecule has 0 saturated carbocycles. The number of nitrogens with one attached hydrogen (secondary N) is 1. The molecule has 0 aromatic rings. The molecule has 35 heavy (non-hydrogen) atoms. The molecule has 0 aliphatic carbocycles. The van der Waals surface area contributed by atoms with Gasteiger partial charge >= 0.3 is 0 Å². The fourth-order valence-electron chi connectivity index (χ4n) is 5.52. The lowest BCUT2D eigenvalue weighted by Gasteiger charge is -2.34. The Morgan fingerprint density at radius 1 is 1.00 bits per heavy atom. The Morgan fingerprint density at radius 2 is 1.57 bits per heavy atom. The lowest BCUT2D eigenvalue weighted by atomic mass is 9.96. The summed E-state index contributed by atoms with van der Waals surface area (Å²) < 4.78 is 2.15. The SMILES string of the molecule is CCCCCCCCCCCCCCC1(O)C(C)=C(C)C2=[N+](CC(=O)NCCCN)CCCN21.[Br-]. The molecule has 2 aliphatic rings. The summed E-state index contributed by atoms with van der Waals surface area (Å²) in [5.41, 5.74) is 6.83. The Kier molecular flexibility index (Phi) is 16.1.